The SMILES string of the molecule is CCCc1ccccc1NC(=O)c1ccc(NN)nn1. The third-order valence-corrected chi connectivity index (χ3v) is 2.83. The van der Waals surface area contributed by atoms with E-state index in [1.807, 2.05) is 24.3 Å². The van der Waals surface area contributed by atoms with Gasteiger partial charge in [0, 0.05) is 5.69 Å². The topological polar surface area (TPSA) is 92.9 Å². The average molecular weight is 271 g/mol. The van der Waals surface area contributed by atoms with Crippen LogP contribution in [-0.4, -0.2) is 16.1 Å². The van der Waals surface area contributed by atoms with Gasteiger partial charge in [0.25, 0.3) is 5.91 Å². The van der Waals surface area contributed by atoms with Gasteiger partial charge >= 0.3 is 0 Å². The summed E-state index contributed by atoms with van der Waals surface area (Å²) >= 11 is 0. The summed E-state index contributed by atoms with van der Waals surface area (Å²) in [4.78, 5) is 12.1. The molecule has 1 aromatic carbocycles. The lowest BCUT2D eigenvalue weighted by Gasteiger charge is -2.09. The lowest BCUT2D eigenvalue weighted by atomic mass is 10.1. The predicted octanol–water partition coefficient (Wildman–Crippen LogP) is 1.97. The number of carbonyl (C=O) groups is 1. The Labute approximate surface area is 117 Å². The van der Waals surface area contributed by atoms with E-state index in [1.165, 1.54) is 0 Å². The van der Waals surface area contributed by atoms with Gasteiger partial charge in [0.2, 0.25) is 0 Å². The number of hydrogen-bond donors (Lipinski definition) is 3. The average Bonchev–Trinajstić information content (AvgIpc) is 2.49. The molecule has 1 amide bonds. The van der Waals surface area contributed by atoms with Crippen LogP contribution in [0.3, 0.4) is 0 Å². The monoisotopic (exact) mass is 271 g/mol. The lowest BCUT2D eigenvalue weighted by Crippen LogP contribution is -2.16. The van der Waals surface area contributed by atoms with Crippen LogP contribution >= 0.6 is 0 Å². The number of nitrogens with two attached hydrogens (primary N) is 1. The van der Waals surface area contributed by atoms with Gasteiger partial charge in [0.15, 0.2) is 11.5 Å². The molecule has 6 nitrogen and oxygen atoms in total. The van der Waals surface area contributed by atoms with Crippen molar-refractivity contribution in [3.05, 3.63) is 47.7 Å². The second-order valence-corrected chi connectivity index (χ2v) is 4.31. The molecule has 1 aromatic heterocycles. The first-order valence-corrected chi connectivity index (χ1v) is 6.44. The Bertz CT molecular complexity index is 582. The Morgan fingerprint density at radius 3 is 2.65 bits per heavy atom. The fourth-order valence-corrected chi connectivity index (χ4v) is 1.85. The molecule has 2 aromatic rings. The van der Waals surface area contributed by atoms with Gasteiger partial charge in [-0.2, -0.15) is 0 Å². The van der Waals surface area contributed by atoms with Crippen LogP contribution in [0.5, 0.6) is 0 Å². The van der Waals surface area contributed by atoms with Gasteiger partial charge in [-0.3, -0.25) is 4.79 Å². The van der Waals surface area contributed by atoms with Crippen LogP contribution in [0.1, 0.15) is 29.4 Å². The summed E-state index contributed by atoms with van der Waals surface area (Å²) < 4.78 is 0. The van der Waals surface area contributed by atoms with E-state index in [9.17, 15) is 4.79 Å². The fraction of sp³-hybridized carbons (Fsp3) is 0.214. The summed E-state index contributed by atoms with van der Waals surface area (Å²) in [6.45, 7) is 2.10. The van der Waals surface area contributed by atoms with E-state index >= 15 is 0 Å². The Balaban J connectivity index is 2.14. The first kappa shape index (κ1) is 14.0. The van der Waals surface area contributed by atoms with E-state index < -0.39 is 0 Å². The highest BCUT2D eigenvalue weighted by atomic mass is 16.1. The fourth-order valence-electron chi connectivity index (χ4n) is 1.85. The number of rotatable bonds is 5. The molecule has 0 atom stereocenters. The molecule has 4 N–H and O–H groups in total. The van der Waals surface area contributed by atoms with Crippen molar-refractivity contribution in [3.8, 4) is 0 Å². The highest BCUT2D eigenvalue weighted by Gasteiger charge is 2.10. The van der Waals surface area contributed by atoms with E-state index in [2.05, 4.69) is 27.9 Å². The maximum absolute atomic E-state index is 12.1. The number of para-hydroxylation sites is 1. The molecule has 6 heteroatoms. The molecule has 0 fully saturated rings. The van der Waals surface area contributed by atoms with Crippen molar-refractivity contribution < 1.29 is 4.79 Å². The second-order valence-electron chi connectivity index (χ2n) is 4.31. The first-order valence-electron chi connectivity index (χ1n) is 6.44. The molecule has 0 unspecified atom stereocenters. The van der Waals surface area contributed by atoms with Gasteiger partial charge in [-0.1, -0.05) is 31.5 Å². The molecule has 0 aliphatic carbocycles. The van der Waals surface area contributed by atoms with Crippen LogP contribution in [-0.2, 0) is 6.42 Å². The lowest BCUT2D eigenvalue weighted by molar-refractivity contribution is 0.102. The molecule has 0 radical (unpaired) electrons. The van der Waals surface area contributed by atoms with Crippen molar-refractivity contribution in [3.63, 3.8) is 0 Å². The Morgan fingerprint density at radius 2 is 2.00 bits per heavy atom. The zero-order chi connectivity index (χ0) is 14.4. The van der Waals surface area contributed by atoms with Crippen LogP contribution in [0.25, 0.3) is 0 Å². The van der Waals surface area contributed by atoms with E-state index in [4.69, 9.17) is 5.84 Å². The van der Waals surface area contributed by atoms with Crippen LogP contribution < -0.4 is 16.6 Å². The summed E-state index contributed by atoms with van der Waals surface area (Å²) in [6, 6.07) is 10.9. The van der Waals surface area contributed by atoms with Crippen molar-refractivity contribution in [2.75, 3.05) is 10.7 Å². The van der Waals surface area contributed by atoms with Crippen LogP contribution in [0.15, 0.2) is 36.4 Å². The Hall–Kier alpha value is -2.47. The maximum Gasteiger partial charge on any atom is 0.276 e. The minimum absolute atomic E-state index is 0.246. The largest absolute Gasteiger partial charge is 0.320 e. The number of nitrogens with one attached hydrogen (secondary N) is 2. The highest BCUT2D eigenvalue weighted by Crippen LogP contribution is 2.17. The standard InChI is InChI=1S/C14H17N5O/c1-2-5-10-6-3-4-7-11(10)16-14(20)12-8-9-13(17-15)19-18-12/h3-4,6-9H,2,5,15H2,1H3,(H,16,20)(H,17,19). The molecule has 0 aliphatic heterocycles. The Morgan fingerprint density at radius 1 is 1.20 bits per heavy atom. The van der Waals surface area contributed by atoms with Gasteiger partial charge in [0.1, 0.15) is 0 Å². The molecule has 2 rings (SSSR count). The van der Waals surface area contributed by atoms with Crippen molar-refractivity contribution in [1.29, 1.82) is 0 Å². The summed E-state index contributed by atoms with van der Waals surface area (Å²) in [7, 11) is 0. The van der Waals surface area contributed by atoms with Crippen LogP contribution in [0.4, 0.5) is 11.5 Å². The van der Waals surface area contributed by atoms with Crippen molar-refractivity contribution >= 4 is 17.4 Å². The molecular weight excluding hydrogens is 254 g/mol. The van der Waals surface area contributed by atoms with E-state index in [1.54, 1.807) is 12.1 Å². The van der Waals surface area contributed by atoms with Gasteiger partial charge in [0.05, 0.1) is 0 Å². The van der Waals surface area contributed by atoms with Gasteiger partial charge < -0.3 is 10.7 Å². The number of hydrazine groups is 1. The first-order chi connectivity index (χ1) is 9.74. The molecule has 104 valence electrons. The number of carbonyl (C=O) groups excluding carboxylic acids is 1. The van der Waals surface area contributed by atoms with E-state index in [0.29, 0.717) is 5.82 Å². The normalized spacial score (nSPS) is 10.1. The quantitative estimate of drug-likeness (QED) is 0.571. The Kier molecular flexibility index (Phi) is 4.62. The smallest absolute Gasteiger partial charge is 0.276 e. The molecule has 0 aliphatic rings. The van der Waals surface area contributed by atoms with Gasteiger partial charge in [-0.15, -0.1) is 10.2 Å². The van der Waals surface area contributed by atoms with E-state index in [-0.39, 0.29) is 11.6 Å². The number of aromatic nitrogens is 2. The minimum atomic E-state index is -0.287. The number of nitrogens with zero attached hydrogens (tertiary/aromatic N) is 2. The van der Waals surface area contributed by atoms with E-state index in [0.717, 1.165) is 24.1 Å². The second kappa shape index (κ2) is 6.63. The highest BCUT2D eigenvalue weighted by molar-refractivity contribution is 6.03. The molecule has 0 saturated carbocycles. The number of hydrogen-bond acceptors (Lipinski definition) is 5. The van der Waals surface area contributed by atoms with Gasteiger partial charge in [-0.05, 0) is 30.2 Å². The van der Waals surface area contributed by atoms with Crippen molar-refractivity contribution in [1.82, 2.24) is 10.2 Å². The number of benzene rings is 1. The van der Waals surface area contributed by atoms with Crippen molar-refractivity contribution in [2.24, 2.45) is 5.84 Å². The molecule has 1 heterocycles. The zero-order valence-corrected chi connectivity index (χ0v) is 11.3. The van der Waals surface area contributed by atoms with Crippen LogP contribution in [0.2, 0.25) is 0 Å². The summed E-state index contributed by atoms with van der Waals surface area (Å²) in [5.74, 6) is 5.32. The maximum atomic E-state index is 12.1. The third kappa shape index (κ3) is 3.30. The van der Waals surface area contributed by atoms with Crippen LogP contribution in [0, 0.1) is 0 Å². The summed E-state index contributed by atoms with van der Waals surface area (Å²) in [6.07, 6.45) is 1.93. The molecule has 0 saturated heterocycles. The minimum Gasteiger partial charge on any atom is -0.320 e. The number of nitrogen functional groups attached to an aromatic ring is 1. The molecule has 20 heavy (non-hydrogen) atoms. The summed E-state index contributed by atoms with van der Waals surface area (Å²) in [5, 5.41) is 10.4. The summed E-state index contributed by atoms with van der Waals surface area (Å²) in [5.41, 5.74) is 4.52. The number of aryl methyl sites for hydroxylation is 1. The molecule has 0 bridgehead atoms. The number of amides is 1. The third-order valence-electron chi connectivity index (χ3n) is 2.83. The zero-order valence-electron chi connectivity index (χ0n) is 11.3. The van der Waals surface area contributed by atoms with Gasteiger partial charge in [-0.25, -0.2) is 5.84 Å². The van der Waals surface area contributed by atoms with Crippen molar-refractivity contribution in [2.45, 2.75) is 19.8 Å². The predicted molar refractivity (Wildman–Crippen MR) is 78.2 cm³/mol. The molecule has 0 spiro atoms. The number of anilines is 2. The molecular formula is C14H17N5O.